The molecule has 2 aromatic rings. The minimum atomic E-state index is -3.61. The van der Waals surface area contributed by atoms with Gasteiger partial charge in [0.05, 0.1) is 6.20 Å². The molecule has 7 nitrogen and oxygen atoms in total. The van der Waals surface area contributed by atoms with Crippen LogP contribution >= 0.6 is 0 Å². The Hall–Kier alpha value is -1.77. The first-order chi connectivity index (χ1) is 10.0. The summed E-state index contributed by atoms with van der Waals surface area (Å²) in [7, 11) is -3.61. The first-order valence-electron chi connectivity index (χ1n) is 6.67. The van der Waals surface area contributed by atoms with Gasteiger partial charge in [0.15, 0.2) is 5.03 Å². The summed E-state index contributed by atoms with van der Waals surface area (Å²) in [5, 5.41) is 9.79. The number of aromatic nitrogens is 3. The molecule has 0 atom stereocenters. The standard InChI is InChI=1S/C13H19N5O2S/c1-3-14-6-11-4-5-13(15-7-11)21(19,20)17-9-12-8-16-18-10(12)2/h4-5,7-8,14,17H,3,6,9H2,1-2H3,(H,16,18). The molecular weight excluding hydrogens is 290 g/mol. The summed E-state index contributed by atoms with van der Waals surface area (Å²) in [6.45, 7) is 5.56. The molecule has 114 valence electrons. The molecule has 0 aliphatic rings. The van der Waals surface area contributed by atoms with Crippen LogP contribution in [0.15, 0.2) is 29.6 Å². The van der Waals surface area contributed by atoms with Crippen molar-refractivity contribution in [2.45, 2.75) is 32.0 Å². The number of hydrogen-bond donors (Lipinski definition) is 3. The third-order valence-electron chi connectivity index (χ3n) is 3.04. The third-order valence-corrected chi connectivity index (χ3v) is 4.36. The minimum Gasteiger partial charge on any atom is -0.313 e. The zero-order chi connectivity index (χ0) is 15.3. The number of aromatic amines is 1. The molecule has 0 fully saturated rings. The summed E-state index contributed by atoms with van der Waals surface area (Å²) >= 11 is 0. The lowest BCUT2D eigenvalue weighted by atomic mass is 10.3. The average molecular weight is 309 g/mol. The second kappa shape index (κ2) is 6.79. The van der Waals surface area contributed by atoms with E-state index in [1.807, 2.05) is 13.8 Å². The lowest BCUT2D eigenvalue weighted by Gasteiger charge is -2.07. The second-order valence-corrected chi connectivity index (χ2v) is 6.34. The van der Waals surface area contributed by atoms with Crippen molar-refractivity contribution in [1.82, 2.24) is 25.2 Å². The fourth-order valence-corrected chi connectivity index (χ4v) is 2.68. The van der Waals surface area contributed by atoms with Crippen LogP contribution < -0.4 is 10.0 Å². The van der Waals surface area contributed by atoms with Crippen molar-refractivity contribution in [3.05, 3.63) is 41.3 Å². The highest BCUT2D eigenvalue weighted by Gasteiger charge is 2.16. The van der Waals surface area contributed by atoms with E-state index in [4.69, 9.17) is 0 Å². The SMILES string of the molecule is CCNCc1ccc(S(=O)(=O)NCc2cn[nH]c2C)nc1. The van der Waals surface area contributed by atoms with Crippen LogP contribution in [0.2, 0.25) is 0 Å². The van der Waals surface area contributed by atoms with Gasteiger partial charge in [-0.05, 0) is 25.1 Å². The van der Waals surface area contributed by atoms with Crippen LogP contribution in [0.4, 0.5) is 0 Å². The van der Waals surface area contributed by atoms with E-state index >= 15 is 0 Å². The average Bonchev–Trinajstić information content (AvgIpc) is 2.89. The van der Waals surface area contributed by atoms with E-state index in [2.05, 4.69) is 25.2 Å². The molecule has 0 amide bonds. The lowest BCUT2D eigenvalue weighted by Crippen LogP contribution is -2.24. The summed E-state index contributed by atoms with van der Waals surface area (Å²) in [5.41, 5.74) is 2.59. The van der Waals surface area contributed by atoms with E-state index in [9.17, 15) is 8.42 Å². The molecule has 2 aromatic heterocycles. The van der Waals surface area contributed by atoms with E-state index < -0.39 is 10.0 Å². The maximum atomic E-state index is 12.1. The van der Waals surface area contributed by atoms with Crippen LogP contribution in [-0.2, 0) is 23.1 Å². The molecule has 2 rings (SSSR count). The lowest BCUT2D eigenvalue weighted by molar-refractivity contribution is 0.577. The van der Waals surface area contributed by atoms with E-state index in [1.54, 1.807) is 18.5 Å². The predicted octanol–water partition coefficient (Wildman–Crippen LogP) is 0.701. The summed E-state index contributed by atoms with van der Waals surface area (Å²) in [6, 6.07) is 3.27. The van der Waals surface area contributed by atoms with E-state index in [0.717, 1.165) is 23.4 Å². The summed E-state index contributed by atoms with van der Waals surface area (Å²) in [4.78, 5) is 4.01. The first-order valence-corrected chi connectivity index (χ1v) is 8.15. The molecule has 0 aliphatic carbocycles. The molecule has 0 saturated heterocycles. The minimum absolute atomic E-state index is 0.0175. The van der Waals surface area contributed by atoms with Gasteiger partial charge in [-0.25, -0.2) is 18.1 Å². The van der Waals surface area contributed by atoms with Gasteiger partial charge in [0, 0.05) is 30.5 Å². The highest BCUT2D eigenvalue weighted by atomic mass is 32.2. The highest BCUT2D eigenvalue weighted by molar-refractivity contribution is 7.89. The Kier molecular flexibility index (Phi) is 5.05. The van der Waals surface area contributed by atoms with Gasteiger partial charge in [-0.3, -0.25) is 5.10 Å². The van der Waals surface area contributed by atoms with Crippen molar-refractivity contribution in [1.29, 1.82) is 0 Å². The molecule has 0 radical (unpaired) electrons. The zero-order valence-corrected chi connectivity index (χ0v) is 12.9. The maximum Gasteiger partial charge on any atom is 0.258 e. The van der Waals surface area contributed by atoms with Crippen LogP contribution in [0.1, 0.15) is 23.7 Å². The number of nitrogens with zero attached hydrogens (tertiary/aromatic N) is 2. The number of sulfonamides is 1. The van der Waals surface area contributed by atoms with Crippen LogP contribution in [0, 0.1) is 6.92 Å². The Morgan fingerprint density at radius 1 is 1.24 bits per heavy atom. The molecule has 0 unspecified atom stereocenters. The van der Waals surface area contributed by atoms with Crippen molar-refractivity contribution in [2.75, 3.05) is 6.54 Å². The largest absolute Gasteiger partial charge is 0.313 e. The fourth-order valence-electron chi connectivity index (χ4n) is 1.74. The summed E-state index contributed by atoms with van der Waals surface area (Å²) in [5.74, 6) is 0. The Morgan fingerprint density at radius 2 is 2.05 bits per heavy atom. The number of nitrogens with one attached hydrogen (secondary N) is 3. The Bertz CT molecular complexity index is 679. The molecule has 0 saturated carbocycles. The normalized spacial score (nSPS) is 11.7. The van der Waals surface area contributed by atoms with Crippen LogP contribution in [-0.4, -0.2) is 30.1 Å². The van der Waals surface area contributed by atoms with Crippen molar-refractivity contribution in [2.24, 2.45) is 0 Å². The van der Waals surface area contributed by atoms with Gasteiger partial charge in [-0.1, -0.05) is 13.0 Å². The molecule has 3 N–H and O–H groups in total. The van der Waals surface area contributed by atoms with Gasteiger partial charge in [0.1, 0.15) is 0 Å². The number of hydrogen-bond acceptors (Lipinski definition) is 5. The molecule has 8 heteroatoms. The van der Waals surface area contributed by atoms with E-state index in [1.165, 1.54) is 6.07 Å². The number of H-pyrrole nitrogens is 1. The molecule has 0 bridgehead atoms. The second-order valence-electron chi connectivity index (χ2n) is 4.63. The van der Waals surface area contributed by atoms with Crippen molar-refractivity contribution < 1.29 is 8.42 Å². The highest BCUT2D eigenvalue weighted by Crippen LogP contribution is 2.09. The van der Waals surface area contributed by atoms with Crippen molar-refractivity contribution in [3.63, 3.8) is 0 Å². The Labute approximate surface area is 124 Å². The molecular formula is C13H19N5O2S. The van der Waals surface area contributed by atoms with Gasteiger partial charge in [-0.15, -0.1) is 0 Å². The van der Waals surface area contributed by atoms with Crippen LogP contribution in [0.5, 0.6) is 0 Å². The molecule has 2 heterocycles. The van der Waals surface area contributed by atoms with Crippen LogP contribution in [0.25, 0.3) is 0 Å². The topological polar surface area (TPSA) is 99.8 Å². The van der Waals surface area contributed by atoms with Gasteiger partial charge >= 0.3 is 0 Å². The fraction of sp³-hybridized carbons (Fsp3) is 0.385. The van der Waals surface area contributed by atoms with Crippen molar-refractivity contribution >= 4 is 10.0 Å². The summed E-state index contributed by atoms with van der Waals surface area (Å²) in [6.07, 6.45) is 3.17. The number of rotatable bonds is 7. The smallest absolute Gasteiger partial charge is 0.258 e. The third kappa shape index (κ3) is 4.10. The van der Waals surface area contributed by atoms with E-state index in [0.29, 0.717) is 6.54 Å². The molecule has 0 aromatic carbocycles. The molecule has 0 aliphatic heterocycles. The summed E-state index contributed by atoms with van der Waals surface area (Å²) < 4.78 is 26.8. The molecule has 0 spiro atoms. The molecule has 21 heavy (non-hydrogen) atoms. The van der Waals surface area contributed by atoms with Gasteiger partial charge in [-0.2, -0.15) is 5.10 Å². The monoisotopic (exact) mass is 309 g/mol. The first kappa shape index (κ1) is 15.6. The Balaban J connectivity index is 2.03. The van der Waals surface area contributed by atoms with Gasteiger partial charge < -0.3 is 5.32 Å². The quantitative estimate of drug-likeness (QED) is 0.699. The number of pyridine rings is 1. The Morgan fingerprint density at radius 3 is 2.62 bits per heavy atom. The number of aryl methyl sites for hydroxylation is 1. The van der Waals surface area contributed by atoms with Gasteiger partial charge in [0.2, 0.25) is 0 Å². The van der Waals surface area contributed by atoms with E-state index in [-0.39, 0.29) is 11.6 Å². The van der Waals surface area contributed by atoms with Crippen molar-refractivity contribution in [3.8, 4) is 0 Å². The zero-order valence-electron chi connectivity index (χ0n) is 12.0. The van der Waals surface area contributed by atoms with Crippen LogP contribution in [0.3, 0.4) is 0 Å². The van der Waals surface area contributed by atoms with Gasteiger partial charge in [0.25, 0.3) is 10.0 Å². The maximum absolute atomic E-state index is 12.1. The predicted molar refractivity (Wildman–Crippen MR) is 79.0 cm³/mol.